The van der Waals surface area contributed by atoms with E-state index in [0.29, 0.717) is 54.1 Å². The average Bonchev–Trinajstić information content (AvgIpc) is 3.11. The average molecular weight is 777 g/mol. The number of Topliss-reactive ketones (excluding diaryl/α,β-unsaturated/α-hetero) is 5. The van der Waals surface area contributed by atoms with E-state index in [1.165, 1.54) is 0 Å². The minimum absolute atomic E-state index is 0.153. The molecule has 0 aromatic heterocycles. The lowest BCUT2D eigenvalue weighted by atomic mass is 9.58. The molecule has 4 aliphatic rings. The summed E-state index contributed by atoms with van der Waals surface area (Å²) in [6, 6.07) is 0. The number of carbonyl (C=O) groups is 5. The lowest BCUT2D eigenvalue weighted by molar-refractivity contribution is -0.146. The highest BCUT2D eigenvalue weighted by molar-refractivity contribution is 6.21. The van der Waals surface area contributed by atoms with Crippen LogP contribution in [0.4, 0.5) is 0 Å². The molecule has 2 heterocycles. The third-order valence-corrected chi connectivity index (χ3v) is 12.2. The summed E-state index contributed by atoms with van der Waals surface area (Å²) in [5.41, 5.74) is -3.12. The predicted molar refractivity (Wildman–Crippen MR) is 213 cm³/mol. The summed E-state index contributed by atoms with van der Waals surface area (Å²) in [6.07, 6.45) is 0.649. The Balaban J connectivity index is 1.93. The molecule has 10 nitrogen and oxygen atoms in total. The summed E-state index contributed by atoms with van der Waals surface area (Å²) in [5.74, 6) is -2.57. The van der Waals surface area contributed by atoms with Gasteiger partial charge in [0.05, 0.1) is 28.3 Å². The second-order valence-corrected chi connectivity index (χ2v) is 19.0. The van der Waals surface area contributed by atoms with E-state index in [2.05, 4.69) is 0 Å². The Hall–Kier alpha value is -3.63. The van der Waals surface area contributed by atoms with Crippen LogP contribution in [0.5, 0.6) is 17.2 Å². The summed E-state index contributed by atoms with van der Waals surface area (Å²) in [5, 5.41) is 0. The van der Waals surface area contributed by atoms with Crippen molar-refractivity contribution in [3.63, 3.8) is 0 Å². The number of carbonyl (C=O) groups excluding carboxylic acids is 5. The van der Waals surface area contributed by atoms with Crippen molar-refractivity contribution in [3.05, 3.63) is 39.4 Å². The number of hydrogen-bond donors (Lipinski definition) is 0. The number of allylic oxidation sites excluding steroid dienone is 4. The quantitative estimate of drug-likeness (QED) is 0.0827. The van der Waals surface area contributed by atoms with E-state index in [1.807, 2.05) is 41.5 Å². The van der Waals surface area contributed by atoms with Gasteiger partial charge in [0.2, 0.25) is 0 Å². The minimum atomic E-state index is -1.34. The summed E-state index contributed by atoms with van der Waals surface area (Å²) < 4.78 is 32.4. The maximum atomic E-state index is 14.8. The second kappa shape index (κ2) is 14.9. The van der Waals surface area contributed by atoms with E-state index in [-0.39, 0.29) is 75.9 Å². The third-order valence-electron chi connectivity index (χ3n) is 12.2. The topological polar surface area (TPSA) is 132 Å². The van der Waals surface area contributed by atoms with Gasteiger partial charge < -0.3 is 23.7 Å². The van der Waals surface area contributed by atoms with Gasteiger partial charge in [-0.05, 0) is 87.5 Å². The monoisotopic (exact) mass is 776 g/mol. The zero-order valence-corrected chi connectivity index (χ0v) is 36.6. The van der Waals surface area contributed by atoms with Gasteiger partial charge in [0, 0.05) is 59.7 Å². The van der Waals surface area contributed by atoms with Crippen LogP contribution in [0.25, 0.3) is 0 Å². The summed E-state index contributed by atoms with van der Waals surface area (Å²) in [4.78, 5) is 72.3. The lowest BCUT2D eigenvalue weighted by Gasteiger charge is -2.48. The molecule has 0 spiro atoms. The van der Waals surface area contributed by atoms with Crippen LogP contribution in [0, 0.1) is 39.4 Å². The molecule has 0 fully saturated rings. The molecule has 0 unspecified atom stereocenters. The highest BCUT2D eigenvalue weighted by Crippen LogP contribution is 2.64. The maximum absolute atomic E-state index is 14.8. The molecular weight excluding hydrogens is 712 g/mol. The summed E-state index contributed by atoms with van der Waals surface area (Å²) >= 11 is 0. The Morgan fingerprint density at radius 2 is 1.04 bits per heavy atom. The van der Waals surface area contributed by atoms with Crippen molar-refractivity contribution in [2.75, 3.05) is 19.8 Å². The van der Waals surface area contributed by atoms with Crippen LogP contribution in [-0.2, 0) is 28.7 Å². The van der Waals surface area contributed by atoms with Crippen molar-refractivity contribution in [1.29, 1.82) is 0 Å². The first-order valence-corrected chi connectivity index (χ1v) is 20.5. The van der Waals surface area contributed by atoms with Crippen molar-refractivity contribution in [2.45, 2.75) is 142 Å². The first-order chi connectivity index (χ1) is 25.8. The number of ketones is 5. The highest BCUT2D eigenvalue weighted by atomic mass is 16.7. The van der Waals surface area contributed by atoms with Crippen LogP contribution in [0.1, 0.15) is 157 Å². The minimum Gasteiger partial charge on any atom is -0.493 e. The first kappa shape index (κ1) is 43.5. The third kappa shape index (κ3) is 6.51. The van der Waals surface area contributed by atoms with E-state index in [0.717, 1.165) is 0 Å². The van der Waals surface area contributed by atoms with Crippen molar-refractivity contribution in [2.24, 2.45) is 39.4 Å². The molecule has 2 aliphatic carbocycles. The van der Waals surface area contributed by atoms with E-state index in [1.54, 1.807) is 69.2 Å². The molecule has 0 saturated heterocycles. The van der Waals surface area contributed by atoms with Crippen molar-refractivity contribution >= 4 is 28.9 Å². The van der Waals surface area contributed by atoms with Crippen LogP contribution in [-0.4, -0.2) is 55.0 Å². The van der Waals surface area contributed by atoms with Gasteiger partial charge in [0.15, 0.2) is 35.2 Å². The Labute approximate surface area is 333 Å². The summed E-state index contributed by atoms with van der Waals surface area (Å²) in [7, 11) is 0. The van der Waals surface area contributed by atoms with Crippen molar-refractivity contribution < 1.29 is 47.7 Å². The fourth-order valence-electron chi connectivity index (χ4n) is 9.46. The fourth-order valence-corrected chi connectivity index (χ4v) is 9.46. The van der Waals surface area contributed by atoms with E-state index >= 15 is 0 Å². The molecule has 1 aromatic carbocycles. The van der Waals surface area contributed by atoms with E-state index in [9.17, 15) is 24.0 Å². The molecule has 0 amide bonds. The number of ether oxygens (including phenoxy) is 5. The molecule has 5 rings (SSSR count). The van der Waals surface area contributed by atoms with Gasteiger partial charge in [0.1, 0.15) is 34.3 Å². The maximum Gasteiger partial charge on any atom is 0.175 e. The lowest BCUT2D eigenvalue weighted by Crippen LogP contribution is -2.52. The smallest absolute Gasteiger partial charge is 0.175 e. The Bertz CT molecular complexity index is 1800. The Morgan fingerprint density at radius 1 is 0.643 bits per heavy atom. The molecule has 0 N–H and O–H groups in total. The molecule has 0 radical (unpaired) electrons. The van der Waals surface area contributed by atoms with Gasteiger partial charge in [0.25, 0.3) is 0 Å². The SMILES string of the molecule is CCOC(CCCOc1c2c(c(C(=O)C(C)C)c3c1[C@@H](C(C)C)C1=C(O3)C(C)(C)C(=O)C(C)(C)C1=O)OC1=C(C(=O)C(C)(C)C(=O)C1(C)C)[C@H]2C(C)C)OCC. The van der Waals surface area contributed by atoms with E-state index < -0.39 is 45.7 Å². The van der Waals surface area contributed by atoms with Crippen molar-refractivity contribution in [3.8, 4) is 17.2 Å². The number of hydrogen-bond acceptors (Lipinski definition) is 10. The van der Waals surface area contributed by atoms with Gasteiger partial charge >= 0.3 is 0 Å². The second-order valence-electron chi connectivity index (χ2n) is 19.0. The standard InChI is InChI=1S/C46H64O10/c1-17-52-25(53-18-2)20-19-21-54-34-28-26(22(3)4)30-37(48)43(9,10)41(50)45(13,14)39(30)55-35(28)32(33(47)24(7)8)36-29(34)27(23(5)6)31-38(49)44(11,12)42(51)46(15,16)40(31)56-36/h22-27H,17-21H2,1-16H3/t26-,27+. The van der Waals surface area contributed by atoms with Crippen molar-refractivity contribution in [1.82, 2.24) is 0 Å². The largest absolute Gasteiger partial charge is 0.493 e. The molecular formula is C46H64O10. The number of benzene rings is 1. The van der Waals surface area contributed by atoms with E-state index in [4.69, 9.17) is 23.7 Å². The first-order valence-electron chi connectivity index (χ1n) is 20.5. The van der Waals surface area contributed by atoms with Crippen LogP contribution in [0.15, 0.2) is 22.7 Å². The number of rotatable bonds is 13. The molecule has 2 aliphatic heterocycles. The molecule has 308 valence electrons. The Morgan fingerprint density at radius 3 is 1.38 bits per heavy atom. The van der Waals surface area contributed by atoms with Gasteiger partial charge in [-0.3, -0.25) is 24.0 Å². The van der Waals surface area contributed by atoms with Crippen LogP contribution in [0.2, 0.25) is 0 Å². The van der Waals surface area contributed by atoms with Gasteiger partial charge in [-0.15, -0.1) is 0 Å². The van der Waals surface area contributed by atoms with Crippen LogP contribution in [0.3, 0.4) is 0 Å². The van der Waals surface area contributed by atoms with Gasteiger partial charge in [-0.1, -0.05) is 41.5 Å². The van der Waals surface area contributed by atoms with Gasteiger partial charge in [-0.2, -0.15) is 0 Å². The Kier molecular flexibility index (Phi) is 11.6. The van der Waals surface area contributed by atoms with Crippen LogP contribution < -0.4 is 14.2 Å². The fraction of sp³-hybridized carbons (Fsp3) is 0.674. The van der Waals surface area contributed by atoms with Crippen LogP contribution >= 0.6 is 0 Å². The molecule has 2 atom stereocenters. The molecule has 0 saturated carbocycles. The molecule has 0 bridgehead atoms. The number of fused-ring (bicyclic) bond motifs is 2. The highest BCUT2D eigenvalue weighted by Gasteiger charge is 2.61. The van der Waals surface area contributed by atoms with Gasteiger partial charge in [-0.25, -0.2) is 0 Å². The zero-order valence-electron chi connectivity index (χ0n) is 36.6. The predicted octanol–water partition coefficient (Wildman–Crippen LogP) is 9.26. The molecule has 1 aromatic rings. The summed E-state index contributed by atoms with van der Waals surface area (Å²) in [6.45, 7) is 30.3. The zero-order chi connectivity index (χ0) is 42.2. The molecule has 10 heteroatoms. The molecule has 56 heavy (non-hydrogen) atoms. The normalized spacial score (nSPS) is 23.3.